The SMILES string of the molecule is N#Cc1cnc(NCCNc2nc(-c3ccc(CI)cc3Cl)cc3nccn23)nc1. The lowest BCUT2D eigenvalue weighted by Gasteiger charge is -2.12. The number of nitriles is 1. The predicted molar refractivity (Wildman–Crippen MR) is 125 cm³/mol. The van der Waals surface area contributed by atoms with Gasteiger partial charge in [0.15, 0.2) is 0 Å². The van der Waals surface area contributed by atoms with Crippen molar-refractivity contribution in [2.75, 3.05) is 23.7 Å². The molecule has 3 heterocycles. The van der Waals surface area contributed by atoms with Crippen LogP contribution in [0.25, 0.3) is 16.9 Å². The van der Waals surface area contributed by atoms with Crippen molar-refractivity contribution in [3.05, 3.63) is 65.2 Å². The molecule has 2 N–H and O–H groups in total. The Hall–Kier alpha value is -2.97. The minimum atomic E-state index is 0.423. The first kappa shape index (κ1) is 20.3. The fourth-order valence-electron chi connectivity index (χ4n) is 2.86. The van der Waals surface area contributed by atoms with E-state index in [4.69, 9.17) is 21.8 Å². The van der Waals surface area contributed by atoms with Crippen LogP contribution in [0.1, 0.15) is 11.1 Å². The number of imidazole rings is 1. The summed E-state index contributed by atoms with van der Waals surface area (Å²) in [7, 11) is 0. The molecule has 0 amide bonds. The van der Waals surface area contributed by atoms with Crippen LogP contribution in [0.15, 0.2) is 49.1 Å². The average molecular weight is 531 g/mol. The van der Waals surface area contributed by atoms with Gasteiger partial charge in [-0.15, -0.1) is 0 Å². The van der Waals surface area contributed by atoms with Crippen LogP contribution in [-0.2, 0) is 4.43 Å². The molecule has 0 bridgehead atoms. The molecule has 8 nitrogen and oxygen atoms in total. The summed E-state index contributed by atoms with van der Waals surface area (Å²) in [4.78, 5) is 17.3. The Morgan fingerprint density at radius 2 is 1.90 bits per heavy atom. The molecule has 0 saturated heterocycles. The van der Waals surface area contributed by atoms with Gasteiger partial charge in [-0.25, -0.2) is 19.9 Å². The third-order valence-corrected chi connectivity index (χ3v) is 5.52. The van der Waals surface area contributed by atoms with Gasteiger partial charge >= 0.3 is 0 Å². The van der Waals surface area contributed by atoms with E-state index in [-0.39, 0.29) is 0 Å². The first-order valence-corrected chi connectivity index (χ1v) is 11.0. The van der Waals surface area contributed by atoms with Crippen LogP contribution in [0.3, 0.4) is 0 Å². The molecule has 3 aromatic heterocycles. The predicted octanol–water partition coefficient (Wildman–Crippen LogP) is 4.17. The smallest absolute Gasteiger partial charge is 0.222 e. The summed E-state index contributed by atoms with van der Waals surface area (Å²) >= 11 is 8.81. The molecule has 0 atom stereocenters. The van der Waals surface area contributed by atoms with Gasteiger partial charge in [-0.1, -0.05) is 46.3 Å². The second kappa shape index (κ2) is 9.23. The van der Waals surface area contributed by atoms with Gasteiger partial charge in [-0.2, -0.15) is 5.26 Å². The Morgan fingerprint density at radius 3 is 2.63 bits per heavy atom. The monoisotopic (exact) mass is 530 g/mol. The zero-order chi connectivity index (χ0) is 20.9. The van der Waals surface area contributed by atoms with E-state index in [1.165, 1.54) is 18.0 Å². The number of rotatable bonds is 7. The highest BCUT2D eigenvalue weighted by Crippen LogP contribution is 2.30. The highest BCUT2D eigenvalue weighted by molar-refractivity contribution is 14.1. The van der Waals surface area contributed by atoms with Crippen LogP contribution < -0.4 is 10.6 Å². The van der Waals surface area contributed by atoms with E-state index in [0.717, 1.165) is 21.3 Å². The molecule has 4 aromatic rings. The highest BCUT2D eigenvalue weighted by Gasteiger charge is 2.11. The summed E-state index contributed by atoms with van der Waals surface area (Å²) < 4.78 is 2.78. The van der Waals surface area contributed by atoms with E-state index in [0.29, 0.717) is 35.6 Å². The fourth-order valence-corrected chi connectivity index (χ4v) is 3.64. The number of halogens is 2. The van der Waals surface area contributed by atoms with Crippen molar-refractivity contribution in [1.82, 2.24) is 24.3 Å². The molecular weight excluding hydrogens is 515 g/mol. The molecule has 0 unspecified atom stereocenters. The van der Waals surface area contributed by atoms with Crippen LogP contribution in [0, 0.1) is 11.3 Å². The van der Waals surface area contributed by atoms with Crippen LogP contribution in [0.5, 0.6) is 0 Å². The summed E-state index contributed by atoms with van der Waals surface area (Å²) in [5.74, 6) is 1.13. The number of aromatic nitrogens is 5. The number of hydrogen-bond donors (Lipinski definition) is 2. The molecule has 0 spiro atoms. The first-order chi connectivity index (χ1) is 14.7. The Kier molecular flexibility index (Phi) is 6.25. The molecule has 0 radical (unpaired) electrons. The third-order valence-electron chi connectivity index (χ3n) is 4.33. The van der Waals surface area contributed by atoms with Gasteiger partial charge in [0.25, 0.3) is 0 Å². The summed E-state index contributed by atoms with van der Waals surface area (Å²) in [6.07, 6.45) is 6.55. The minimum Gasteiger partial charge on any atom is -0.354 e. The maximum atomic E-state index is 8.80. The van der Waals surface area contributed by atoms with Crippen molar-refractivity contribution in [3.63, 3.8) is 0 Å². The highest BCUT2D eigenvalue weighted by atomic mass is 127. The lowest BCUT2D eigenvalue weighted by Crippen LogP contribution is -2.17. The molecule has 150 valence electrons. The van der Waals surface area contributed by atoms with Crippen LogP contribution >= 0.6 is 34.2 Å². The van der Waals surface area contributed by atoms with Gasteiger partial charge in [-0.05, 0) is 11.6 Å². The molecule has 0 aliphatic carbocycles. The summed E-state index contributed by atoms with van der Waals surface area (Å²) in [5, 5.41) is 15.9. The van der Waals surface area contributed by atoms with Gasteiger partial charge in [-0.3, -0.25) is 4.40 Å². The molecule has 4 rings (SSSR count). The minimum absolute atomic E-state index is 0.423. The number of fused-ring (bicyclic) bond motifs is 1. The van der Waals surface area contributed by atoms with E-state index in [9.17, 15) is 0 Å². The van der Waals surface area contributed by atoms with E-state index in [1.54, 1.807) is 6.20 Å². The number of anilines is 2. The quantitative estimate of drug-likeness (QED) is 0.210. The van der Waals surface area contributed by atoms with Crippen molar-refractivity contribution in [1.29, 1.82) is 5.26 Å². The zero-order valence-electron chi connectivity index (χ0n) is 15.7. The maximum Gasteiger partial charge on any atom is 0.222 e. The number of nitrogens with one attached hydrogen (secondary N) is 2. The van der Waals surface area contributed by atoms with Crippen LogP contribution in [0.2, 0.25) is 5.02 Å². The first-order valence-electron chi connectivity index (χ1n) is 9.06. The third kappa shape index (κ3) is 4.44. The molecule has 0 fully saturated rings. The van der Waals surface area contributed by atoms with Crippen molar-refractivity contribution in [2.24, 2.45) is 0 Å². The Balaban J connectivity index is 1.51. The maximum absolute atomic E-state index is 8.80. The molecule has 10 heteroatoms. The van der Waals surface area contributed by atoms with Gasteiger partial charge in [0, 0.05) is 41.5 Å². The standard InChI is InChI=1S/C20H16ClIN8/c21-16-7-13(9-22)1-2-15(16)17-8-18-24-5-6-30(18)20(29-17)26-4-3-25-19-27-11-14(10-23)12-28-19/h1-2,5-8,11-12H,3-4,9H2,(H,26,29)(H,25,27,28). The molecule has 1 aromatic carbocycles. The van der Waals surface area contributed by atoms with E-state index in [1.807, 2.05) is 34.9 Å². The Morgan fingerprint density at radius 1 is 1.10 bits per heavy atom. The van der Waals surface area contributed by atoms with Crippen molar-refractivity contribution in [2.45, 2.75) is 4.43 Å². The Labute approximate surface area is 191 Å². The lowest BCUT2D eigenvalue weighted by molar-refractivity contribution is 0.981. The second-order valence-electron chi connectivity index (χ2n) is 6.33. The largest absolute Gasteiger partial charge is 0.354 e. The molecule has 0 aliphatic rings. The van der Waals surface area contributed by atoms with Gasteiger partial charge in [0.2, 0.25) is 11.9 Å². The summed E-state index contributed by atoms with van der Waals surface area (Å²) in [6.45, 7) is 1.15. The molecule has 0 aliphatic heterocycles. The van der Waals surface area contributed by atoms with Crippen LogP contribution in [-0.4, -0.2) is 37.4 Å². The zero-order valence-corrected chi connectivity index (χ0v) is 18.6. The van der Waals surface area contributed by atoms with Crippen molar-refractivity contribution >= 4 is 51.7 Å². The van der Waals surface area contributed by atoms with Gasteiger partial charge in [0.1, 0.15) is 11.7 Å². The van der Waals surface area contributed by atoms with E-state index >= 15 is 0 Å². The van der Waals surface area contributed by atoms with E-state index < -0.39 is 0 Å². The fraction of sp³-hybridized carbons (Fsp3) is 0.150. The van der Waals surface area contributed by atoms with Crippen molar-refractivity contribution in [3.8, 4) is 17.3 Å². The number of hydrogen-bond acceptors (Lipinski definition) is 7. The number of alkyl halides is 1. The Bertz CT molecular complexity index is 1220. The normalized spacial score (nSPS) is 10.7. The summed E-state index contributed by atoms with van der Waals surface area (Å²) in [6, 6.07) is 9.92. The van der Waals surface area contributed by atoms with Crippen molar-refractivity contribution < 1.29 is 0 Å². The molecular formula is C20H16ClIN8. The molecule has 30 heavy (non-hydrogen) atoms. The molecule has 0 saturated carbocycles. The second-order valence-corrected chi connectivity index (χ2v) is 7.50. The lowest BCUT2D eigenvalue weighted by atomic mass is 10.1. The topological polar surface area (TPSA) is 104 Å². The summed E-state index contributed by atoms with van der Waals surface area (Å²) in [5.41, 5.74) is 3.99. The van der Waals surface area contributed by atoms with Crippen LogP contribution in [0.4, 0.5) is 11.9 Å². The average Bonchev–Trinajstić information content (AvgIpc) is 3.25. The van der Waals surface area contributed by atoms with Gasteiger partial charge < -0.3 is 10.6 Å². The van der Waals surface area contributed by atoms with Gasteiger partial charge in [0.05, 0.1) is 28.7 Å². The van der Waals surface area contributed by atoms with E-state index in [2.05, 4.69) is 54.2 Å². The number of benzene rings is 1. The number of nitrogens with zero attached hydrogens (tertiary/aromatic N) is 6.